The molecule has 0 amide bonds. The predicted molar refractivity (Wildman–Crippen MR) is 117 cm³/mol. The van der Waals surface area contributed by atoms with Crippen molar-refractivity contribution in [2.24, 2.45) is 0 Å². The number of aromatic nitrogens is 2. The molecule has 4 rings (SSSR count). The highest BCUT2D eigenvalue weighted by Crippen LogP contribution is 2.32. The summed E-state index contributed by atoms with van der Waals surface area (Å²) >= 11 is 1.69. The number of cyclic esters (lactones) is 2. The molecule has 1 aromatic heterocycles. The first-order chi connectivity index (χ1) is 14.7. The molecule has 1 fully saturated rings. The summed E-state index contributed by atoms with van der Waals surface area (Å²) < 4.78 is 4.55. The zero-order valence-electron chi connectivity index (χ0n) is 16.5. The first-order valence-corrected chi connectivity index (χ1v) is 11.0. The number of carbonyl (C=O) groups is 2. The average molecular weight is 422 g/mol. The van der Waals surface area contributed by atoms with Crippen LogP contribution < -0.4 is 0 Å². The molecule has 0 atom stereocenters. The van der Waals surface area contributed by atoms with Gasteiger partial charge in [0, 0.05) is 16.9 Å². The number of hydrogen-bond donors (Lipinski definition) is 1. The Labute approximate surface area is 179 Å². The number of hydrogen-bond acceptors (Lipinski definition) is 6. The second-order valence-electron chi connectivity index (χ2n) is 7.11. The van der Waals surface area contributed by atoms with E-state index >= 15 is 0 Å². The predicted octanol–water partition coefficient (Wildman–Crippen LogP) is 4.00. The van der Waals surface area contributed by atoms with E-state index in [-0.39, 0.29) is 13.1 Å². The Hall–Kier alpha value is -2.90. The van der Waals surface area contributed by atoms with E-state index < -0.39 is 11.9 Å². The molecule has 0 radical (unpaired) electrons. The number of benzene rings is 2. The van der Waals surface area contributed by atoms with E-state index in [2.05, 4.69) is 34.0 Å². The van der Waals surface area contributed by atoms with Gasteiger partial charge in [-0.1, -0.05) is 72.4 Å². The van der Waals surface area contributed by atoms with Gasteiger partial charge in [0.15, 0.2) is 5.16 Å². The van der Waals surface area contributed by atoms with Gasteiger partial charge in [-0.3, -0.25) is 14.5 Å². The third-order valence-electron chi connectivity index (χ3n) is 4.83. The van der Waals surface area contributed by atoms with Gasteiger partial charge >= 0.3 is 11.9 Å². The van der Waals surface area contributed by atoms with Gasteiger partial charge < -0.3 is 9.72 Å². The number of H-pyrrole nitrogens is 1. The highest BCUT2D eigenvalue weighted by atomic mass is 32.2. The quantitative estimate of drug-likeness (QED) is 0.256. The molecule has 0 unspecified atom stereocenters. The smallest absolute Gasteiger partial charge is 0.327 e. The lowest BCUT2D eigenvalue weighted by atomic mass is 10.1. The number of ether oxygens (including phenoxy) is 1. The molecule has 2 heterocycles. The van der Waals surface area contributed by atoms with Crippen LogP contribution in [0.4, 0.5) is 0 Å². The fourth-order valence-corrected chi connectivity index (χ4v) is 4.29. The van der Waals surface area contributed by atoms with Crippen LogP contribution in [0.1, 0.15) is 12.8 Å². The Morgan fingerprint density at radius 1 is 0.900 bits per heavy atom. The second-order valence-corrected chi connectivity index (χ2v) is 8.19. The van der Waals surface area contributed by atoms with Crippen molar-refractivity contribution in [2.75, 3.05) is 25.4 Å². The molecular weight excluding hydrogens is 398 g/mol. The molecule has 0 bridgehead atoms. The Morgan fingerprint density at radius 2 is 1.53 bits per heavy atom. The van der Waals surface area contributed by atoms with E-state index in [1.165, 1.54) is 0 Å². The summed E-state index contributed by atoms with van der Waals surface area (Å²) in [5, 5.41) is 0.893. The Morgan fingerprint density at radius 3 is 2.20 bits per heavy atom. The lowest BCUT2D eigenvalue weighted by Crippen LogP contribution is -2.43. The van der Waals surface area contributed by atoms with E-state index in [0.717, 1.165) is 46.3 Å². The summed E-state index contributed by atoms with van der Waals surface area (Å²) in [4.78, 5) is 32.8. The standard InChI is InChI=1S/C23H23N3O3S/c27-19-15-26(16-20(28)29-19)13-7-8-14-30-23-24-21(17-9-3-1-4-10-17)22(25-23)18-11-5-2-6-12-18/h1-6,9-12H,7-8,13-16H2,(H,24,25). The number of thioether (sulfide) groups is 1. The van der Waals surface area contributed by atoms with Gasteiger partial charge in [-0.15, -0.1) is 0 Å². The molecule has 1 N–H and O–H groups in total. The van der Waals surface area contributed by atoms with Gasteiger partial charge in [-0.05, 0) is 19.4 Å². The number of carbonyl (C=O) groups excluding carboxylic acids is 2. The van der Waals surface area contributed by atoms with Crippen LogP contribution in [0.2, 0.25) is 0 Å². The number of rotatable bonds is 8. The summed E-state index contributed by atoms with van der Waals surface area (Å²) in [6, 6.07) is 20.4. The van der Waals surface area contributed by atoms with Crippen molar-refractivity contribution in [2.45, 2.75) is 18.0 Å². The first-order valence-electron chi connectivity index (χ1n) is 9.98. The van der Waals surface area contributed by atoms with Crippen LogP contribution >= 0.6 is 11.8 Å². The monoisotopic (exact) mass is 421 g/mol. The van der Waals surface area contributed by atoms with Crippen LogP contribution in [-0.4, -0.2) is 52.2 Å². The minimum atomic E-state index is -0.460. The Kier molecular flexibility index (Phi) is 6.61. The molecule has 0 aliphatic carbocycles. The van der Waals surface area contributed by atoms with E-state index in [0.29, 0.717) is 6.54 Å². The van der Waals surface area contributed by atoms with Crippen LogP contribution in [0, 0.1) is 0 Å². The summed E-state index contributed by atoms with van der Waals surface area (Å²) in [6.45, 7) is 1.10. The summed E-state index contributed by atoms with van der Waals surface area (Å²) in [5.41, 5.74) is 4.17. The number of nitrogens with one attached hydrogen (secondary N) is 1. The molecule has 154 valence electrons. The summed E-state index contributed by atoms with van der Waals surface area (Å²) in [5.74, 6) is -0.0152. The van der Waals surface area contributed by atoms with Crippen molar-refractivity contribution in [1.29, 1.82) is 0 Å². The molecule has 7 heteroatoms. The molecule has 3 aromatic rings. The Bertz CT molecular complexity index is 932. The molecule has 6 nitrogen and oxygen atoms in total. The van der Waals surface area contributed by atoms with E-state index in [1.54, 1.807) is 11.8 Å². The van der Waals surface area contributed by atoms with Crippen molar-refractivity contribution in [3.63, 3.8) is 0 Å². The minimum Gasteiger partial charge on any atom is -0.391 e. The van der Waals surface area contributed by atoms with Gasteiger partial charge in [0.1, 0.15) is 0 Å². The topological polar surface area (TPSA) is 75.3 Å². The summed E-state index contributed by atoms with van der Waals surface area (Å²) in [7, 11) is 0. The van der Waals surface area contributed by atoms with Crippen molar-refractivity contribution in [3.8, 4) is 22.5 Å². The Balaban J connectivity index is 1.37. The first kappa shape index (κ1) is 20.4. The highest BCUT2D eigenvalue weighted by Gasteiger charge is 2.24. The molecule has 0 spiro atoms. The zero-order chi connectivity index (χ0) is 20.8. The van der Waals surface area contributed by atoms with Crippen molar-refractivity contribution in [3.05, 3.63) is 60.7 Å². The molecule has 1 aliphatic heterocycles. The highest BCUT2D eigenvalue weighted by molar-refractivity contribution is 7.99. The molecule has 30 heavy (non-hydrogen) atoms. The lowest BCUT2D eigenvalue weighted by molar-refractivity contribution is -0.166. The van der Waals surface area contributed by atoms with Gasteiger partial charge in [-0.2, -0.15) is 0 Å². The van der Waals surface area contributed by atoms with Crippen LogP contribution in [0.25, 0.3) is 22.5 Å². The number of morpholine rings is 1. The molecule has 1 aliphatic rings. The fourth-order valence-electron chi connectivity index (χ4n) is 3.42. The van der Waals surface area contributed by atoms with Gasteiger partial charge in [0.2, 0.25) is 0 Å². The maximum Gasteiger partial charge on any atom is 0.327 e. The normalized spacial score (nSPS) is 14.7. The van der Waals surface area contributed by atoms with Crippen molar-refractivity contribution in [1.82, 2.24) is 14.9 Å². The number of aromatic amines is 1. The van der Waals surface area contributed by atoms with E-state index in [9.17, 15) is 9.59 Å². The van der Waals surface area contributed by atoms with Crippen LogP contribution in [0.5, 0.6) is 0 Å². The fraction of sp³-hybridized carbons (Fsp3) is 0.261. The van der Waals surface area contributed by atoms with Crippen LogP contribution in [-0.2, 0) is 14.3 Å². The minimum absolute atomic E-state index is 0.192. The number of imidazole rings is 1. The molecular formula is C23H23N3O3S. The van der Waals surface area contributed by atoms with E-state index in [4.69, 9.17) is 4.98 Å². The third-order valence-corrected chi connectivity index (χ3v) is 5.79. The SMILES string of the molecule is O=C1CN(CCCCSc2nc(-c3ccccc3)c(-c3ccccc3)[nH]2)CC(=O)O1. The zero-order valence-corrected chi connectivity index (χ0v) is 17.4. The molecule has 0 saturated carbocycles. The lowest BCUT2D eigenvalue weighted by Gasteiger charge is -2.23. The maximum atomic E-state index is 11.3. The van der Waals surface area contributed by atoms with Gasteiger partial charge in [0.25, 0.3) is 0 Å². The van der Waals surface area contributed by atoms with Crippen LogP contribution in [0.15, 0.2) is 65.8 Å². The average Bonchev–Trinajstić information content (AvgIpc) is 3.18. The second kappa shape index (κ2) is 9.73. The van der Waals surface area contributed by atoms with Gasteiger partial charge in [-0.25, -0.2) is 4.98 Å². The maximum absolute atomic E-state index is 11.3. The number of esters is 2. The van der Waals surface area contributed by atoms with Crippen molar-refractivity contribution < 1.29 is 14.3 Å². The van der Waals surface area contributed by atoms with Crippen LogP contribution in [0.3, 0.4) is 0 Å². The van der Waals surface area contributed by atoms with E-state index in [1.807, 2.05) is 41.3 Å². The third kappa shape index (κ3) is 5.17. The van der Waals surface area contributed by atoms with Gasteiger partial charge in [0.05, 0.1) is 24.5 Å². The summed E-state index contributed by atoms with van der Waals surface area (Å²) in [6.07, 6.45) is 1.87. The number of nitrogens with zero attached hydrogens (tertiary/aromatic N) is 2. The molecule has 2 aromatic carbocycles. The molecule has 1 saturated heterocycles. The largest absolute Gasteiger partial charge is 0.391 e. The number of unbranched alkanes of at least 4 members (excludes halogenated alkanes) is 1. The van der Waals surface area contributed by atoms with Crippen molar-refractivity contribution >= 4 is 23.7 Å².